The molecule has 0 bridgehead atoms. The molecule has 2 aromatic carbocycles. The summed E-state index contributed by atoms with van der Waals surface area (Å²) in [4.78, 5) is 55.8. The lowest BCUT2D eigenvalue weighted by Crippen LogP contribution is -2.44. The van der Waals surface area contributed by atoms with E-state index in [9.17, 15) is 19.2 Å². The fourth-order valence-electron chi connectivity index (χ4n) is 4.51. The van der Waals surface area contributed by atoms with Gasteiger partial charge in [0.2, 0.25) is 0 Å². The van der Waals surface area contributed by atoms with Crippen molar-refractivity contribution >= 4 is 66.3 Å². The first-order valence-electron chi connectivity index (χ1n) is 11.0. The third-order valence-corrected chi connectivity index (χ3v) is 8.29. The highest BCUT2D eigenvalue weighted by molar-refractivity contribution is 9.13. The fraction of sp³-hybridized carbons (Fsp3) is 0.417. The standard InChI is InChI=1S/C24H24Br2N2O4/c1-3-5-7-11-27-21(29)13-9-10-14-16-15(13)17(23(27)31)19(25)20(26)18(16)24(32)28(22(14)30)12-8-6-4-2/h9-10H,3-8,11-12H2,1-2H3. The first-order chi connectivity index (χ1) is 15.3. The molecule has 2 aliphatic heterocycles. The summed E-state index contributed by atoms with van der Waals surface area (Å²) in [5.74, 6) is -1.56. The van der Waals surface area contributed by atoms with Gasteiger partial charge in [-0.3, -0.25) is 29.0 Å². The molecule has 8 heteroatoms. The lowest BCUT2D eigenvalue weighted by Gasteiger charge is -2.33. The molecule has 4 amide bonds. The zero-order chi connectivity index (χ0) is 23.2. The van der Waals surface area contributed by atoms with E-state index in [1.807, 2.05) is 0 Å². The molecule has 0 saturated heterocycles. The minimum Gasteiger partial charge on any atom is -0.274 e. The van der Waals surface area contributed by atoms with Crippen LogP contribution in [0, 0.1) is 0 Å². The lowest BCUT2D eigenvalue weighted by molar-refractivity contribution is 0.0585. The Labute approximate surface area is 203 Å². The lowest BCUT2D eigenvalue weighted by atomic mass is 9.85. The summed E-state index contributed by atoms with van der Waals surface area (Å²) in [6, 6.07) is 3.23. The van der Waals surface area contributed by atoms with Crippen LogP contribution in [-0.4, -0.2) is 46.5 Å². The molecule has 168 valence electrons. The largest absolute Gasteiger partial charge is 0.274 e. The van der Waals surface area contributed by atoms with Gasteiger partial charge in [0.1, 0.15) is 0 Å². The number of amides is 4. The van der Waals surface area contributed by atoms with Gasteiger partial charge >= 0.3 is 0 Å². The van der Waals surface area contributed by atoms with E-state index in [-0.39, 0.29) is 11.8 Å². The van der Waals surface area contributed by atoms with Gasteiger partial charge in [0.15, 0.2) is 0 Å². The first kappa shape index (κ1) is 23.1. The smallest absolute Gasteiger partial charge is 0.262 e. The number of hydrogen-bond acceptors (Lipinski definition) is 4. The Morgan fingerprint density at radius 3 is 1.34 bits per heavy atom. The minimum absolute atomic E-state index is 0.323. The Bertz CT molecular complexity index is 1080. The Morgan fingerprint density at radius 1 is 0.625 bits per heavy atom. The molecule has 0 spiro atoms. The molecule has 4 rings (SSSR count). The average Bonchev–Trinajstić information content (AvgIpc) is 2.77. The molecule has 0 aliphatic carbocycles. The number of nitrogens with zero attached hydrogens (tertiary/aromatic N) is 2. The zero-order valence-electron chi connectivity index (χ0n) is 18.1. The van der Waals surface area contributed by atoms with E-state index in [0.717, 1.165) is 38.5 Å². The number of benzene rings is 2. The van der Waals surface area contributed by atoms with Crippen LogP contribution >= 0.6 is 31.9 Å². The first-order valence-corrected chi connectivity index (χ1v) is 12.6. The molecular formula is C24H24Br2N2O4. The average molecular weight is 564 g/mol. The van der Waals surface area contributed by atoms with Gasteiger partial charge in [-0.1, -0.05) is 39.5 Å². The van der Waals surface area contributed by atoms with E-state index >= 15 is 0 Å². The molecular weight excluding hydrogens is 540 g/mol. The van der Waals surface area contributed by atoms with E-state index in [1.165, 1.54) is 9.80 Å². The summed E-state index contributed by atoms with van der Waals surface area (Å²) in [6.45, 7) is 4.79. The molecule has 0 saturated carbocycles. The zero-order valence-corrected chi connectivity index (χ0v) is 21.3. The quantitative estimate of drug-likeness (QED) is 0.294. The molecule has 0 fully saturated rings. The van der Waals surface area contributed by atoms with Crippen molar-refractivity contribution in [3.8, 4) is 0 Å². The van der Waals surface area contributed by atoms with Gasteiger partial charge in [0.05, 0.1) is 11.1 Å². The summed E-state index contributed by atoms with van der Waals surface area (Å²) in [5.41, 5.74) is 1.35. The van der Waals surface area contributed by atoms with Crippen LogP contribution in [-0.2, 0) is 0 Å². The van der Waals surface area contributed by atoms with Crippen LogP contribution in [0.5, 0.6) is 0 Å². The molecule has 0 aromatic heterocycles. The molecule has 32 heavy (non-hydrogen) atoms. The Hall–Kier alpha value is -2.06. The van der Waals surface area contributed by atoms with Gasteiger partial charge < -0.3 is 0 Å². The number of hydrogen-bond donors (Lipinski definition) is 0. The SMILES string of the molecule is CCCCCN1C(=O)c2ccc3c4c(c(Br)c(Br)c(c24)C1=O)C(=O)N(CCCCC)C3=O. The predicted molar refractivity (Wildman–Crippen MR) is 129 cm³/mol. The van der Waals surface area contributed by atoms with Crippen LogP contribution in [0.15, 0.2) is 21.1 Å². The van der Waals surface area contributed by atoms with Crippen molar-refractivity contribution in [2.45, 2.75) is 52.4 Å². The number of rotatable bonds is 8. The van der Waals surface area contributed by atoms with Crippen molar-refractivity contribution < 1.29 is 19.2 Å². The van der Waals surface area contributed by atoms with Gasteiger partial charge in [-0.2, -0.15) is 0 Å². The Kier molecular flexibility index (Phi) is 6.54. The fourth-order valence-corrected chi connectivity index (χ4v) is 5.64. The molecule has 0 unspecified atom stereocenters. The highest BCUT2D eigenvalue weighted by Gasteiger charge is 2.42. The minimum atomic E-state index is -0.403. The van der Waals surface area contributed by atoms with Crippen molar-refractivity contribution in [3.63, 3.8) is 0 Å². The molecule has 0 N–H and O–H groups in total. The third kappa shape index (κ3) is 3.43. The monoisotopic (exact) mass is 562 g/mol. The number of halogens is 2. The molecule has 2 heterocycles. The van der Waals surface area contributed by atoms with E-state index in [4.69, 9.17) is 0 Å². The van der Waals surface area contributed by atoms with Gasteiger partial charge in [-0.25, -0.2) is 0 Å². The van der Waals surface area contributed by atoms with Crippen molar-refractivity contribution in [1.29, 1.82) is 0 Å². The van der Waals surface area contributed by atoms with Gasteiger partial charge in [0, 0.05) is 43.9 Å². The molecule has 6 nitrogen and oxygen atoms in total. The Balaban J connectivity index is 1.91. The van der Waals surface area contributed by atoms with Gasteiger partial charge in [-0.15, -0.1) is 0 Å². The number of carbonyl (C=O) groups is 4. The summed E-state index contributed by atoms with van der Waals surface area (Å²) in [5, 5.41) is 0.786. The van der Waals surface area contributed by atoms with Crippen LogP contribution in [0.4, 0.5) is 0 Å². The highest BCUT2D eigenvalue weighted by Crippen LogP contribution is 2.45. The number of imide groups is 2. The second-order valence-corrected chi connectivity index (χ2v) is 9.81. The van der Waals surface area contributed by atoms with E-state index in [2.05, 4.69) is 45.7 Å². The normalized spacial score (nSPS) is 15.4. The van der Waals surface area contributed by atoms with Crippen LogP contribution < -0.4 is 0 Å². The Morgan fingerprint density at radius 2 is 1.00 bits per heavy atom. The molecule has 0 atom stereocenters. The summed E-state index contributed by atoms with van der Waals surface area (Å²) in [6.07, 6.45) is 5.24. The summed E-state index contributed by atoms with van der Waals surface area (Å²) < 4.78 is 0.875. The second kappa shape index (κ2) is 9.06. The number of unbranched alkanes of at least 4 members (excludes halogenated alkanes) is 4. The van der Waals surface area contributed by atoms with Crippen LogP contribution in [0.1, 0.15) is 93.8 Å². The van der Waals surface area contributed by atoms with Crippen molar-refractivity contribution in [1.82, 2.24) is 9.80 Å². The molecule has 2 aliphatic rings. The topological polar surface area (TPSA) is 74.8 Å². The highest BCUT2D eigenvalue weighted by atomic mass is 79.9. The maximum absolute atomic E-state index is 13.4. The predicted octanol–water partition coefficient (Wildman–Crippen LogP) is 5.94. The molecule has 2 aromatic rings. The van der Waals surface area contributed by atoms with Crippen LogP contribution in [0.2, 0.25) is 0 Å². The molecule has 0 radical (unpaired) electrons. The van der Waals surface area contributed by atoms with Crippen molar-refractivity contribution in [2.24, 2.45) is 0 Å². The second-order valence-electron chi connectivity index (χ2n) is 8.23. The maximum Gasteiger partial charge on any atom is 0.262 e. The van der Waals surface area contributed by atoms with E-state index < -0.39 is 11.8 Å². The maximum atomic E-state index is 13.4. The summed E-state index contributed by atoms with van der Waals surface area (Å²) in [7, 11) is 0. The van der Waals surface area contributed by atoms with Crippen LogP contribution in [0.25, 0.3) is 10.8 Å². The van der Waals surface area contributed by atoms with Crippen molar-refractivity contribution in [2.75, 3.05) is 13.1 Å². The van der Waals surface area contributed by atoms with Gasteiger partial charge in [-0.05, 0) is 56.8 Å². The van der Waals surface area contributed by atoms with Gasteiger partial charge in [0.25, 0.3) is 23.6 Å². The van der Waals surface area contributed by atoms with Crippen molar-refractivity contribution in [3.05, 3.63) is 43.3 Å². The number of carbonyl (C=O) groups excluding carboxylic acids is 4. The van der Waals surface area contributed by atoms with E-state index in [0.29, 0.717) is 55.1 Å². The summed E-state index contributed by atoms with van der Waals surface area (Å²) >= 11 is 7.01. The third-order valence-electron chi connectivity index (χ3n) is 6.18. The van der Waals surface area contributed by atoms with E-state index in [1.54, 1.807) is 12.1 Å². The van der Waals surface area contributed by atoms with Crippen LogP contribution in [0.3, 0.4) is 0 Å².